The first-order valence-electron chi connectivity index (χ1n) is 7.49. The molecule has 1 aliphatic heterocycles. The molecule has 0 spiro atoms. The third kappa shape index (κ3) is 2.68. The van der Waals surface area contributed by atoms with Gasteiger partial charge in [0.1, 0.15) is 11.3 Å². The molecule has 1 atom stereocenters. The molecule has 0 bridgehead atoms. The zero-order valence-corrected chi connectivity index (χ0v) is 13.0. The Bertz CT molecular complexity index is 860. The predicted octanol–water partition coefficient (Wildman–Crippen LogP) is 3.98. The van der Waals surface area contributed by atoms with Gasteiger partial charge in [-0.05, 0) is 49.1 Å². The first-order valence-corrected chi connectivity index (χ1v) is 7.87. The van der Waals surface area contributed by atoms with Gasteiger partial charge in [0.25, 0.3) is 0 Å². The quantitative estimate of drug-likeness (QED) is 0.666. The van der Waals surface area contributed by atoms with E-state index in [2.05, 4.69) is 15.1 Å². The maximum atomic E-state index is 14.7. The lowest BCUT2D eigenvalue weighted by Gasteiger charge is -2.23. The summed E-state index contributed by atoms with van der Waals surface area (Å²) in [6, 6.07) is 4.99. The first-order chi connectivity index (χ1) is 11.2. The fourth-order valence-electron chi connectivity index (χ4n) is 2.92. The molecule has 0 N–H and O–H groups in total. The van der Waals surface area contributed by atoms with E-state index in [1.807, 2.05) is 6.07 Å². The smallest absolute Gasteiger partial charge is 0.222 e. The Morgan fingerprint density at radius 3 is 3.00 bits per heavy atom. The highest BCUT2D eigenvalue weighted by Crippen LogP contribution is 2.30. The average Bonchev–Trinajstić information content (AvgIpc) is 3.00. The molecule has 1 aromatic carbocycles. The topological polar surface area (TPSA) is 52.8 Å². The van der Waals surface area contributed by atoms with Gasteiger partial charge in [0.2, 0.25) is 5.28 Å². The van der Waals surface area contributed by atoms with Gasteiger partial charge in [-0.2, -0.15) is 5.10 Å². The Morgan fingerprint density at radius 2 is 2.22 bits per heavy atom. The van der Waals surface area contributed by atoms with Crippen molar-refractivity contribution in [1.82, 2.24) is 19.7 Å². The molecular weight excluding hydrogens is 319 g/mol. The maximum absolute atomic E-state index is 14.7. The van der Waals surface area contributed by atoms with Gasteiger partial charge in [-0.3, -0.25) is 0 Å². The lowest BCUT2D eigenvalue weighted by atomic mass is 10.1. The van der Waals surface area contributed by atoms with Crippen LogP contribution in [-0.2, 0) is 4.74 Å². The summed E-state index contributed by atoms with van der Waals surface area (Å²) < 4.78 is 22.0. The second-order valence-electron chi connectivity index (χ2n) is 5.52. The second-order valence-corrected chi connectivity index (χ2v) is 5.86. The largest absolute Gasteiger partial charge is 0.356 e. The first kappa shape index (κ1) is 14.5. The Balaban J connectivity index is 1.80. The molecule has 1 aliphatic rings. The van der Waals surface area contributed by atoms with E-state index in [0.717, 1.165) is 19.3 Å². The fourth-order valence-corrected chi connectivity index (χ4v) is 3.07. The molecule has 0 saturated carbocycles. The Kier molecular flexibility index (Phi) is 3.71. The van der Waals surface area contributed by atoms with E-state index < -0.39 is 0 Å². The second kappa shape index (κ2) is 5.86. The van der Waals surface area contributed by atoms with Crippen LogP contribution in [0.3, 0.4) is 0 Å². The molecule has 3 aromatic rings. The molecule has 7 heteroatoms. The normalized spacial score (nSPS) is 18.4. The minimum atomic E-state index is -0.348. The third-order valence-corrected chi connectivity index (χ3v) is 4.18. The highest BCUT2D eigenvalue weighted by atomic mass is 35.5. The number of rotatable bonds is 2. The Morgan fingerprint density at radius 1 is 1.30 bits per heavy atom. The molecule has 0 radical (unpaired) electrons. The Labute approximate surface area is 137 Å². The summed E-state index contributed by atoms with van der Waals surface area (Å²) in [5, 5.41) is 5.17. The van der Waals surface area contributed by atoms with Crippen molar-refractivity contribution in [2.75, 3.05) is 6.61 Å². The van der Waals surface area contributed by atoms with Crippen LogP contribution in [0.25, 0.3) is 22.2 Å². The number of halogens is 2. The number of nitrogens with zero attached hydrogens (tertiary/aromatic N) is 4. The molecule has 23 heavy (non-hydrogen) atoms. The summed E-state index contributed by atoms with van der Waals surface area (Å²) in [6.07, 6.45) is 5.95. The van der Waals surface area contributed by atoms with Crippen molar-refractivity contribution < 1.29 is 9.13 Å². The van der Waals surface area contributed by atoms with E-state index in [-0.39, 0.29) is 17.3 Å². The molecule has 1 unspecified atom stereocenters. The lowest BCUT2D eigenvalue weighted by Crippen LogP contribution is -2.19. The lowest BCUT2D eigenvalue weighted by molar-refractivity contribution is -0.0369. The van der Waals surface area contributed by atoms with E-state index in [9.17, 15) is 4.39 Å². The number of hydrogen-bond donors (Lipinski definition) is 0. The van der Waals surface area contributed by atoms with E-state index >= 15 is 0 Å². The molecule has 1 fully saturated rings. The van der Waals surface area contributed by atoms with Crippen molar-refractivity contribution in [3.8, 4) is 11.3 Å². The molecule has 1 saturated heterocycles. The van der Waals surface area contributed by atoms with Crippen molar-refractivity contribution in [2.45, 2.75) is 25.5 Å². The van der Waals surface area contributed by atoms with Crippen LogP contribution >= 0.6 is 11.6 Å². The zero-order chi connectivity index (χ0) is 15.8. The van der Waals surface area contributed by atoms with Crippen molar-refractivity contribution in [3.63, 3.8) is 0 Å². The summed E-state index contributed by atoms with van der Waals surface area (Å²) in [6.45, 7) is 0.686. The van der Waals surface area contributed by atoms with Crippen molar-refractivity contribution in [2.24, 2.45) is 0 Å². The molecule has 5 nitrogen and oxygen atoms in total. The number of ether oxygens (including phenoxy) is 1. The van der Waals surface area contributed by atoms with Gasteiger partial charge in [-0.1, -0.05) is 0 Å². The van der Waals surface area contributed by atoms with Crippen LogP contribution < -0.4 is 0 Å². The van der Waals surface area contributed by atoms with E-state index in [0.29, 0.717) is 28.8 Å². The fraction of sp³-hybridized carbons (Fsp3) is 0.312. The van der Waals surface area contributed by atoms with Gasteiger partial charge in [-0.25, -0.2) is 19.0 Å². The summed E-state index contributed by atoms with van der Waals surface area (Å²) in [7, 11) is 0. The minimum Gasteiger partial charge on any atom is -0.356 e. The van der Waals surface area contributed by atoms with Gasteiger partial charge >= 0.3 is 0 Å². The highest BCUT2D eigenvalue weighted by Gasteiger charge is 2.21. The van der Waals surface area contributed by atoms with Crippen LogP contribution in [0.5, 0.6) is 0 Å². The van der Waals surface area contributed by atoms with Crippen LogP contribution in [0.4, 0.5) is 4.39 Å². The van der Waals surface area contributed by atoms with E-state index in [1.54, 1.807) is 23.1 Å². The van der Waals surface area contributed by atoms with Gasteiger partial charge < -0.3 is 4.74 Å². The molecular formula is C16H14ClFN4O. The van der Waals surface area contributed by atoms with Crippen LogP contribution in [0, 0.1) is 5.82 Å². The maximum Gasteiger partial charge on any atom is 0.222 e. The van der Waals surface area contributed by atoms with Crippen LogP contribution in [0.2, 0.25) is 5.28 Å². The minimum absolute atomic E-state index is 0.134. The van der Waals surface area contributed by atoms with Crippen LogP contribution in [0.15, 0.2) is 30.6 Å². The predicted molar refractivity (Wildman–Crippen MR) is 84.6 cm³/mol. The standard InChI is InChI=1S/C16H14ClFN4O/c17-16-19-5-4-13(21-16)10-7-11-9-20-22(15(11)12(18)8-10)14-3-1-2-6-23-14/h4-5,7-9,14H,1-3,6H2. The molecule has 118 valence electrons. The molecule has 4 rings (SSSR count). The van der Waals surface area contributed by atoms with Crippen molar-refractivity contribution >= 4 is 22.5 Å². The van der Waals surface area contributed by atoms with Crippen molar-refractivity contribution in [1.29, 1.82) is 0 Å². The van der Waals surface area contributed by atoms with Gasteiger partial charge in [0.05, 0.1) is 11.9 Å². The molecule has 2 aromatic heterocycles. The highest BCUT2D eigenvalue weighted by molar-refractivity contribution is 6.28. The third-order valence-electron chi connectivity index (χ3n) is 3.99. The van der Waals surface area contributed by atoms with Crippen LogP contribution in [-0.4, -0.2) is 26.4 Å². The monoisotopic (exact) mass is 332 g/mol. The number of aromatic nitrogens is 4. The summed E-state index contributed by atoms with van der Waals surface area (Å²) in [4.78, 5) is 7.97. The van der Waals surface area contributed by atoms with Crippen molar-refractivity contribution in [3.05, 3.63) is 41.7 Å². The van der Waals surface area contributed by atoms with Crippen LogP contribution in [0.1, 0.15) is 25.5 Å². The molecule has 0 aliphatic carbocycles. The summed E-state index contributed by atoms with van der Waals surface area (Å²) >= 11 is 5.81. The summed E-state index contributed by atoms with van der Waals surface area (Å²) in [5.41, 5.74) is 1.68. The zero-order valence-electron chi connectivity index (χ0n) is 12.2. The number of fused-ring (bicyclic) bond motifs is 1. The van der Waals surface area contributed by atoms with E-state index in [4.69, 9.17) is 16.3 Å². The molecule has 3 heterocycles. The van der Waals surface area contributed by atoms with E-state index in [1.165, 1.54) is 6.07 Å². The average molecular weight is 333 g/mol. The Hall–Kier alpha value is -2.05. The van der Waals surface area contributed by atoms with Gasteiger partial charge in [0, 0.05) is 23.8 Å². The summed E-state index contributed by atoms with van der Waals surface area (Å²) in [5.74, 6) is -0.348. The number of benzene rings is 1. The van der Waals surface area contributed by atoms with Gasteiger partial charge in [0.15, 0.2) is 6.23 Å². The number of hydrogen-bond acceptors (Lipinski definition) is 4. The van der Waals surface area contributed by atoms with Gasteiger partial charge in [-0.15, -0.1) is 0 Å². The SMILES string of the molecule is Fc1cc(-c2ccnc(Cl)n2)cc2cnn(C3CCCCO3)c12. The molecule has 0 amide bonds.